The molecule has 3 aromatic rings. The molecular formula is C28H24F8O. The smallest absolute Gasteiger partial charge is 0.406 e. The molecule has 0 amide bonds. The second-order valence-corrected chi connectivity index (χ2v) is 9.22. The first-order valence-corrected chi connectivity index (χ1v) is 12.0. The standard InChI is InChI=1S/C28H24F8O/c1-2-3-4-5-15-12-21(29)23(22(30)13-15)17-8-11-19-20(14-17)26(32)27(33)24(25(19)31)16-6-9-18(10-7-16)37-28(34,35)36/h6-7,9-10,12-13,17H,2-5,8,11,14H2,1H3. The summed E-state index contributed by atoms with van der Waals surface area (Å²) >= 11 is 0. The van der Waals surface area contributed by atoms with Crippen LogP contribution in [0.3, 0.4) is 0 Å². The average Bonchev–Trinajstić information content (AvgIpc) is 2.82. The van der Waals surface area contributed by atoms with Gasteiger partial charge in [-0.25, -0.2) is 22.0 Å². The molecule has 0 N–H and O–H groups in total. The molecule has 37 heavy (non-hydrogen) atoms. The van der Waals surface area contributed by atoms with Gasteiger partial charge in [0.1, 0.15) is 23.2 Å². The second-order valence-electron chi connectivity index (χ2n) is 9.22. The van der Waals surface area contributed by atoms with Gasteiger partial charge < -0.3 is 4.74 Å². The molecule has 1 unspecified atom stereocenters. The third-order valence-corrected chi connectivity index (χ3v) is 6.71. The second kappa shape index (κ2) is 10.7. The van der Waals surface area contributed by atoms with E-state index in [1.807, 2.05) is 6.92 Å². The van der Waals surface area contributed by atoms with E-state index in [0.29, 0.717) is 12.0 Å². The maximum Gasteiger partial charge on any atom is 0.573 e. The first-order valence-electron chi connectivity index (χ1n) is 12.0. The number of rotatable bonds is 7. The van der Waals surface area contributed by atoms with E-state index in [9.17, 15) is 22.0 Å². The minimum Gasteiger partial charge on any atom is -0.406 e. The molecule has 0 radical (unpaired) electrons. The van der Waals surface area contributed by atoms with Crippen LogP contribution in [-0.4, -0.2) is 6.36 Å². The van der Waals surface area contributed by atoms with Crippen LogP contribution in [0.4, 0.5) is 35.1 Å². The number of benzene rings is 3. The van der Waals surface area contributed by atoms with Crippen LogP contribution in [0.25, 0.3) is 11.1 Å². The molecule has 1 nitrogen and oxygen atoms in total. The lowest BCUT2D eigenvalue weighted by Gasteiger charge is -2.28. The third kappa shape index (κ3) is 5.75. The molecule has 0 bridgehead atoms. The van der Waals surface area contributed by atoms with E-state index in [1.165, 1.54) is 12.1 Å². The lowest BCUT2D eigenvalue weighted by atomic mass is 9.78. The van der Waals surface area contributed by atoms with Crippen molar-refractivity contribution < 1.29 is 39.9 Å². The van der Waals surface area contributed by atoms with Gasteiger partial charge in [-0.05, 0) is 84.5 Å². The molecule has 198 valence electrons. The van der Waals surface area contributed by atoms with E-state index in [-0.39, 0.29) is 41.5 Å². The maximum atomic E-state index is 15.4. The molecule has 0 fully saturated rings. The van der Waals surface area contributed by atoms with Crippen molar-refractivity contribution in [1.29, 1.82) is 0 Å². The summed E-state index contributed by atoms with van der Waals surface area (Å²) in [5, 5.41) is 0. The van der Waals surface area contributed by atoms with Gasteiger partial charge in [0.05, 0.1) is 5.56 Å². The van der Waals surface area contributed by atoms with Gasteiger partial charge >= 0.3 is 6.36 Å². The van der Waals surface area contributed by atoms with Gasteiger partial charge in [0.15, 0.2) is 11.6 Å². The van der Waals surface area contributed by atoms with Crippen LogP contribution in [0.5, 0.6) is 5.75 Å². The summed E-state index contributed by atoms with van der Waals surface area (Å²) in [5.74, 6) is -6.85. The van der Waals surface area contributed by atoms with Gasteiger partial charge in [-0.15, -0.1) is 13.2 Å². The van der Waals surface area contributed by atoms with Crippen molar-refractivity contribution in [3.8, 4) is 16.9 Å². The molecule has 1 aliphatic carbocycles. The van der Waals surface area contributed by atoms with Crippen LogP contribution in [0.1, 0.15) is 60.8 Å². The van der Waals surface area contributed by atoms with Crippen molar-refractivity contribution in [2.45, 2.75) is 64.1 Å². The van der Waals surface area contributed by atoms with Crippen LogP contribution < -0.4 is 4.74 Å². The number of hydrogen-bond donors (Lipinski definition) is 0. The van der Waals surface area contributed by atoms with E-state index in [1.54, 1.807) is 0 Å². The minimum atomic E-state index is -4.94. The monoisotopic (exact) mass is 528 g/mol. The minimum absolute atomic E-state index is 0.0948. The Morgan fingerprint density at radius 1 is 0.838 bits per heavy atom. The summed E-state index contributed by atoms with van der Waals surface area (Å²) < 4.78 is 116. The molecule has 0 aromatic heterocycles. The zero-order chi connectivity index (χ0) is 26.9. The Kier molecular flexibility index (Phi) is 7.80. The molecule has 1 aliphatic rings. The Morgan fingerprint density at radius 2 is 1.49 bits per heavy atom. The number of alkyl halides is 3. The normalized spacial score (nSPS) is 15.5. The van der Waals surface area contributed by atoms with Gasteiger partial charge in [-0.3, -0.25) is 0 Å². The lowest BCUT2D eigenvalue weighted by Crippen LogP contribution is -2.20. The molecule has 0 saturated heterocycles. The fourth-order valence-corrected chi connectivity index (χ4v) is 4.97. The third-order valence-electron chi connectivity index (χ3n) is 6.71. The fourth-order valence-electron chi connectivity index (χ4n) is 4.97. The zero-order valence-corrected chi connectivity index (χ0v) is 19.9. The summed E-state index contributed by atoms with van der Waals surface area (Å²) in [6, 6.07) is 6.24. The summed E-state index contributed by atoms with van der Waals surface area (Å²) in [7, 11) is 0. The van der Waals surface area contributed by atoms with Gasteiger partial charge in [-0.2, -0.15) is 0 Å². The molecule has 0 spiro atoms. The molecule has 1 atom stereocenters. The first kappa shape index (κ1) is 26.9. The Balaban J connectivity index is 1.64. The molecular weight excluding hydrogens is 504 g/mol. The van der Waals surface area contributed by atoms with Crippen LogP contribution in [-0.2, 0) is 19.3 Å². The zero-order valence-electron chi connectivity index (χ0n) is 19.9. The summed E-state index contributed by atoms with van der Waals surface area (Å²) in [5.41, 5.74) is -1.01. The molecule has 9 heteroatoms. The molecule has 0 saturated carbocycles. The number of halogens is 8. The molecule has 0 aliphatic heterocycles. The van der Waals surface area contributed by atoms with E-state index >= 15 is 13.2 Å². The first-order chi connectivity index (χ1) is 17.5. The molecule has 3 aromatic carbocycles. The average molecular weight is 528 g/mol. The van der Waals surface area contributed by atoms with E-state index in [2.05, 4.69) is 4.74 Å². The Labute approximate surface area is 209 Å². The lowest BCUT2D eigenvalue weighted by molar-refractivity contribution is -0.274. The van der Waals surface area contributed by atoms with Gasteiger partial charge in [-0.1, -0.05) is 31.9 Å². The highest BCUT2D eigenvalue weighted by molar-refractivity contribution is 5.68. The summed E-state index contributed by atoms with van der Waals surface area (Å²) in [4.78, 5) is 0. The Morgan fingerprint density at radius 3 is 2.08 bits per heavy atom. The maximum absolute atomic E-state index is 15.4. The van der Waals surface area contributed by atoms with Crippen LogP contribution in [0, 0.1) is 29.1 Å². The van der Waals surface area contributed by atoms with Crippen LogP contribution in [0.15, 0.2) is 36.4 Å². The molecule has 0 heterocycles. The van der Waals surface area contributed by atoms with E-state index in [0.717, 1.165) is 43.5 Å². The SMILES string of the molecule is CCCCCc1cc(F)c(C2CCc3c(F)c(-c4ccc(OC(F)(F)F)cc4)c(F)c(F)c3C2)c(F)c1. The number of unbranched alkanes of at least 4 members (excludes halogenated alkanes) is 2. The van der Waals surface area contributed by atoms with Crippen molar-refractivity contribution in [3.05, 3.63) is 87.7 Å². The van der Waals surface area contributed by atoms with Crippen molar-refractivity contribution >= 4 is 0 Å². The predicted molar refractivity (Wildman–Crippen MR) is 123 cm³/mol. The highest BCUT2D eigenvalue weighted by Gasteiger charge is 2.34. The number of fused-ring (bicyclic) bond motifs is 1. The van der Waals surface area contributed by atoms with Gasteiger partial charge in [0.25, 0.3) is 0 Å². The predicted octanol–water partition coefficient (Wildman–Crippen LogP) is 8.95. The topological polar surface area (TPSA) is 9.23 Å². The number of ether oxygens (including phenoxy) is 1. The summed E-state index contributed by atoms with van der Waals surface area (Å²) in [6.45, 7) is 2.02. The quantitative estimate of drug-likeness (QED) is 0.169. The highest BCUT2D eigenvalue weighted by atomic mass is 19.4. The van der Waals surface area contributed by atoms with Crippen LogP contribution >= 0.6 is 0 Å². The Hall–Kier alpha value is -3.10. The molecule has 4 rings (SSSR count). The largest absolute Gasteiger partial charge is 0.573 e. The van der Waals surface area contributed by atoms with E-state index < -0.39 is 52.7 Å². The summed E-state index contributed by atoms with van der Waals surface area (Å²) in [6.07, 6.45) is -2.03. The van der Waals surface area contributed by atoms with Crippen LogP contribution in [0.2, 0.25) is 0 Å². The fraction of sp³-hybridized carbons (Fsp3) is 0.357. The van der Waals surface area contributed by atoms with Crippen molar-refractivity contribution in [2.24, 2.45) is 0 Å². The van der Waals surface area contributed by atoms with Gasteiger partial charge in [0.2, 0.25) is 0 Å². The Bertz CT molecular complexity index is 1260. The van der Waals surface area contributed by atoms with Gasteiger partial charge in [0, 0.05) is 5.56 Å². The van der Waals surface area contributed by atoms with Crippen molar-refractivity contribution in [2.75, 3.05) is 0 Å². The van der Waals surface area contributed by atoms with E-state index in [4.69, 9.17) is 0 Å². The van der Waals surface area contributed by atoms with Crippen molar-refractivity contribution in [1.82, 2.24) is 0 Å². The number of aryl methyl sites for hydroxylation is 1. The van der Waals surface area contributed by atoms with Crippen molar-refractivity contribution in [3.63, 3.8) is 0 Å². The highest BCUT2D eigenvalue weighted by Crippen LogP contribution is 2.42. The number of hydrogen-bond acceptors (Lipinski definition) is 1.